The lowest BCUT2D eigenvalue weighted by atomic mass is 10.3. The van der Waals surface area contributed by atoms with Gasteiger partial charge in [0.1, 0.15) is 0 Å². The number of H-pyrrole nitrogens is 1. The Morgan fingerprint density at radius 2 is 1.84 bits per heavy atom. The summed E-state index contributed by atoms with van der Waals surface area (Å²) in [5.41, 5.74) is 1.27. The van der Waals surface area contributed by atoms with Gasteiger partial charge in [-0.3, -0.25) is 0 Å². The molecule has 2 aromatic carbocycles. The van der Waals surface area contributed by atoms with Crippen LogP contribution < -0.4 is 0 Å². The second kappa shape index (κ2) is 4.36. The molecule has 0 aliphatic carbocycles. The fraction of sp³-hybridized carbons (Fsp3) is 0. The number of aromatic amines is 1. The molecule has 6 heteroatoms. The average Bonchev–Trinajstić information content (AvgIpc) is 2.85. The van der Waals surface area contributed by atoms with Gasteiger partial charge in [0.2, 0.25) is 9.84 Å². The maximum atomic E-state index is 12.5. The SMILES string of the molecule is O=S(=O)(c1ccccc1)c1cc2[nH]cnc2cc1Cl. The summed E-state index contributed by atoms with van der Waals surface area (Å²) in [5.74, 6) is 0. The molecule has 4 nitrogen and oxygen atoms in total. The third-order valence-electron chi connectivity index (χ3n) is 2.82. The molecule has 0 atom stereocenters. The van der Waals surface area contributed by atoms with Crippen LogP contribution in [0.4, 0.5) is 0 Å². The van der Waals surface area contributed by atoms with Crippen LogP contribution in [0.5, 0.6) is 0 Å². The number of halogens is 1. The van der Waals surface area contributed by atoms with Crippen LogP contribution in [0, 0.1) is 0 Å². The lowest BCUT2D eigenvalue weighted by molar-refractivity contribution is 0.596. The van der Waals surface area contributed by atoms with Gasteiger partial charge in [-0.05, 0) is 24.3 Å². The Labute approximate surface area is 115 Å². The number of rotatable bonds is 2. The molecule has 96 valence electrons. The van der Waals surface area contributed by atoms with Crippen molar-refractivity contribution in [2.24, 2.45) is 0 Å². The lowest BCUT2D eigenvalue weighted by Crippen LogP contribution is -2.02. The van der Waals surface area contributed by atoms with Crippen LogP contribution in [-0.2, 0) is 9.84 Å². The molecule has 0 unspecified atom stereocenters. The van der Waals surface area contributed by atoms with Gasteiger partial charge in [0.05, 0.1) is 32.2 Å². The Balaban J connectivity index is 2.26. The molecule has 19 heavy (non-hydrogen) atoms. The van der Waals surface area contributed by atoms with E-state index in [0.717, 1.165) is 0 Å². The van der Waals surface area contributed by atoms with E-state index < -0.39 is 9.84 Å². The third kappa shape index (κ3) is 2.01. The number of hydrogen-bond donors (Lipinski definition) is 1. The van der Waals surface area contributed by atoms with E-state index in [0.29, 0.717) is 11.0 Å². The van der Waals surface area contributed by atoms with Crippen LogP contribution >= 0.6 is 11.6 Å². The van der Waals surface area contributed by atoms with Crippen molar-refractivity contribution in [3.63, 3.8) is 0 Å². The lowest BCUT2D eigenvalue weighted by Gasteiger charge is -2.06. The van der Waals surface area contributed by atoms with Gasteiger partial charge in [0.25, 0.3) is 0 Å². The summed E-state index contributed by atoms with van der Waals surface area (Å²) in [6.45, 7) is 0. The zero-order valence-electron chi connectivity index (χ0n) is 9.67. The second-order valence-corrected chi connectivity index (χ2v) is 6.34. The summed E-state index contributed by atoms with van der Waals surface area (Å²) < 4.78 is 25.0. The Morgan fingerprint density at radius 3 is 2.58 bits per heavy atom. The summed E-state index contributed by atoms with van der Waals surface area (Å²) in [6, 6.07) is 11.3. The Hall–Kier alpha value is -1.85. The van der Waals surface area contributed by atoms with Crippen molar-refractivity contribution in [2.75, 3.05) is 0 Å². The molecular weight excluding hydrogens is 284 g/mol. The molecular formula is C13H9ClN2O2S. The van der Waals surface area contributed by atoms with Crippen molar-refractivity contribution < 1.29 is 8.42 Å². The highest BCUT2D eigenvalue weighted by atomic mass is 35.5. The van der Waals surface area contributed by atoms with E-state index in [9.17, 15) is 8.42 Å². The van der Waals surface area contributed by atoms with Gasteiger partial charge in [-0.15, -0.1) is 0 Å². The first-order chi connectivity index (χ1) is 9.09. The molecule has 1 aromatic heterocycles. The molecule has 0 aliphatic heterocycles. The van der Waals surface area contributed by atoms with Crippen LogP contribution in [-0.4, -0.2) is 18.4 Å². The van der Waals surface area contributed by atoms with Gasteiger partial charge in [0.15, 0.2) is 0 Å². The number of nitrogens with one attached hydrogen (secondary N) is 1. The monoisotopic (exact) mass is 292 g/mol. The van der Waals surface area contributed by atoms with Crippen LogP contribution in [0.25, 0.3) is 11.0 Å². The fourth-order valence-corrected chi connectivity index (χ4v) is 3.69. The molecule has 0 spiro atoms. The zero-order chi connectivity index (χ0) is 13.5. The molecule has 1 heterocycles. The van der Waals surface area contributed by atoms with Crippen molar-refractivity contribution in [3.8, 4) is 0 Å². The van der Waals surface area contributed by atoms with Crippen molar-refractivity contribution in [1.82, 2.24) is 9.97 Å². The predicted octanol–water partition coefficient (Wildman–Crippen LogP) is 3.05. The molecule has 0 fully saturated rings. The normalized spacial score (nSPS) is 11.8. The van der Waals surface area contributed by atoms with Crippen molar-refractivity contribution in [2.45, 2.75) is 9.79 Å². The standard InChI is InChI=1S/C13H9ClN2O2S/c14-10-6-11-12(16-8-15-11)7-13(10)19(17,18)9-4-2-1-3-5-9/h1-8H,(H,15,16). The van der Waals surface area contributed by atoms with Gasteiger partial charge in [-0.1, -0.05) is 29.8 Å². The Bertz CT molecular complexity index is 841. The van der Waals surface area contributed by atoms with Gasteiger partial charge in [0, 0.05) is 0 Å². The van der Waals surface area contributed by atoms with Crippen molar-refractivity contribution in [3.05, 3.63) is 53.8 Å². The van der Waals surface area contributed by atoms with Gasteiger partial charge >= 0.3 is 0 Å². The fourth-order valence-electron chi connectivity index (χ4n) is 1.87. The summed E-state index contributed by atoms with van der Waals surface area (Å²) in [4.78, 5) is 7.22. The smallest absolute Gasteiger partial charge is 0.208 e. The molecule has 0 aliphatic rings. The maximum absolute atomic E-state index is 12.5. The van der Waals surface area contributed by atoms with E-state index in [1.807, 2.05) is 0 Å². The third-order valence-corrected chi connectivity index (χ3v) is 5.05. The largest absolute Gasteiger partial charge is 0.345 e. The van der Waals surface area contributed by atoms with Crippen molar-refractivity contribution in [1.29, 1.82) is 0 Å². The highest BCUT2D eigenvalue weighted by molar-refractivity contribution is 7.91. The average molecular weight is 293 g/mol. The summed E-state index contributed by atoms with van der Waals surface area (Å²) in [6.07, 6.45) is 1.50. The van der Waals surface area contributed by atoms with E-state index in [2.05, 4.69) is 9.97 Å². The molecule has 0 amide bonds. The van der Waals surface area contributed by atoms with Crippen LogP contribution in [0.2, 0.25) is 5.02 Å². The van der Waals surface area contributed by atoms with Crippen LogP contribution in [0.3, 0.4) is 0 Å². The maximum Gasteiger partial charge on any atom is 0.208 e. The minimum absolute atomic E-state index is 0.0807. The first kappa shape index (κ1) is 12.2. The molecule has 0 saturated heterocycles. The number of fused-ring (bicyclic) bond motifs is 1. The highest BCUT2D eigenvalue weighted by Crippen LogP contribution is 2.30. The number of nitrogens with zero attached hydrogens (tertiary/aromatic N) is 1. The number of benzene rings is 2. The van der Waals surface area contributed by atoms with E-state index in [-0.39, 0.29) is 14.8 Å². The minimum Gasteiger partial charge on any atom is -0.345 e. The number of aromatic nitrogens is 2. The molecule has 0 saturated carbocycles. The molecule has 0 radical (unpaired) electrons. The first-order valence-electron chi connectivity index (χ1n) is 5.52. The number of hydrogen-bond acceptors (Lipinski definition) is 3. The van der Waals surface area contributed by atoms with E-state index in [1.165, 1.54) is 12.4 Å². The van der Waals surface area contributed by atoms with Gasteiger partial charge in [-0.2, -0.15) is 0 Å². The molecule has 3 aromatic rings. The summed E-state index contributed by atoms with van der Waals surface area (Å²) >= 11 is 6.06. The zero-order valence-corrected chi connectivity index (χ0v) is 11.2. The van der Waals surface area contributed by atoms with E-state index in [1.54, 1.807) is 36.4 Å². The first-order valence-corrected chi connectivity index (χ1v) is 7.38. The minimum atomic E-state index is -3.62. The summed E-state index contributed by atoms with van der Waals surface area (Å²) in [7, 11) is -3.62. The second-order valence-electron chi connectivity index (χ2n) is 4.02. The van der Waals surface area contributed by atoms with E-state index in [4.69, 9.17) is 11.6 Å². The van der Waals surface area contributed by atoms with Crippen LogP contribution in [0.15, 0.2) is 58.6 Å². The predicted molar refractivity (Wildman–Crippen MR) is 73.0 cm³/mol. The van der Waals surface area contributed by atoms with Crippen LogP contribution in [0.1, 0.15) is 0 Å². The van der Waals surface area contributed by atoms with Gasteiger partial charge in [-0.25, -0.2) is 13.4 Å². The molecule has 0 bridgehead atoms. The quantitative estimate of drug-likeness (QED) is 0.789. The molecule has 3 rings (SSSR count). The van der Waals surface area contributed by atoms with Crippen molar-refractivity contribution >= 4 is 32.5 Å². The molecule has 1 N–H and O–H groups in total. The number of sulfone groups is 1. The Kier molecular flexibility index (Phi) is 2.80. The number of imidazole rings is 1. The topological polar surface area (TPSA) is 62.8 Å². The Morgan fingerprint density at radius 1 is 1.11 bits per heavy atom. The summed E-state index contributed by atoms with van der Waals surface area (Å²) in [5, 5.41) is 0.170. The highest BCUT2D eigenvalue weighted by Gasteiger charge is 2.21. The van der Waals surface area contributed by atoms with E-state index >= 15 is 0 Å². The van der Waals surface area contributed by atoms with Gasteiger partial charge < -0.3 is 4.98 Å².